The molecular weight excluding hydrogens is 274 g/mol. The van der Waals surface area contributed by atoms with Gasteiger partial charge in [0.15, 0.2) is 5.76 Å². The zero-order valence-electron chi connectivity index (χ0n) is 12.7. The van der Waals surface area contributed by atoms with Crippen molar-refractivity contribution in [1.29, 1.82) is 0 Å². The van der Waals surface area contributed by atoms with Crippen LogP contribution in [0.15, 0.2) is 33.7 Å². The number of furan rings is 1. The molecule has 4 bridgehead atoms. The SMILES string of the molecule is Oc1oc(C=NC23CC4CC(CC(C4)C2)C3)c2ccccc12. The van der Waals surface area contributed by atoms with E-state index in [4.69, 9.17) is 9.41 Å². The normalized spacial score (nSPS) is 36.6. The second kappa shape index (κ2) is 4.37. The van der Waals surface area contributed by atoms with Crippen molar-refractivity contribution in [3.05, 3.63) is 30.0 Å². The van der Waals surface area contributed by atoms with E-state index in [2.05, 4.69) is 0 Å². The Bertz CT molecular complexity index is 723. The predicted octanol–water partition coefficient (Wildman–Crippen LogP) is 4.53. The van der Waals surface area contributed by atoms with Crippen LogP contribution in [0.4, 0.5) is 0 Å². The fourth-order valence-electron chi connectivity index (χ4n) is 5.61. The van der Waals surface area contributed by atoms with Gasteiger partial charge in [-0.15, -0.1) is 0 Å². The number of aliphatic imine (C=N–C) groups is 1. The maximum absolute atomic E-state index is 9.92. The van der Waals surface area contributed by atoms with E-state index in [0.717, 1.165) is 28.5 Å². The maximum Gasteiger partial charge on any atom is 0.290 e. The van der Waals surface area contributed by atoms with Crippen LogP contribution in [0.25, 0.3) is 10.8 Å². The van der Waals surface area contributed by atoms with E-state index in [-0.39, 0.29) is 11.5 Å². The van der Waals surface area contributed by atoms with Crippen molar-refractivity contribution in [1.82, 2.24) is 0 Å². The predicted molar refractivity (Wildman–Crippen MR) is 86.4 cm³/mol. The van der Waals surface area contributed by atoms with Crippen LogP contribution in [0.3, 0.4) is 0 Å². The molecule has 0 amide bonds. The van der Waals surface area contributed by atoms with Crippen LogP contribution >= 0.6 is 0 Å². The molecular formula is C19H21NO2. The third-order valence-corrected chi connectivity index (χ3v) is 6.09. The molecule has 4 aliphatic carbocycles. The molecule has 0 radical (unpaired) electrons. The van der Waals surface area contributed by atoms with E-state index < -0.39 is 0 Å². The zero-order chi connectivity index (χ0) is 14.7. The Balaban J connectivity index is 1.51. The second-order valence-corrected chi connectivity index (χ2v) is 7.72. The van der Waals surface area contributed by atoms with Gasteiger partial charge >= 0.3 is 0 Å². The summed E-state index contributed by atoms with van der Waals surface area (Å²) in [5.74, 6) is 3.38. The molecule has 1 aromatic carbocycles. The minimum atomic E-state index is 0.00237. The number of hydrogen-bond donors (Lipinski definition) is 1. The fraction of sp³-hybridized carbons (Fsp3) is 0.526. The Labute approximate surface area is 130 Å². The molecule has 1 aromatic heterocycles. The number of fused-ring (bicyclic) bond motifs is 1. The van der Waals surface area contributed by atoms with Crippen molar-refractivity contribution < 1.29 is 9.52 Å². The van der Waals surface area contributed by atoms with Crippen molar-refractivity contribution >= 4 is 17.0 Å². The van der Waals surface area contributed by atoms with Gasteiger partial charge in [-0.1, -0.05) is 18.2 Å². The van der Waals surface area contributed by atoms with E-state index in [9.17, 15) is 5.11 Å². The molecule has 6 rings (SSSR count). The van der Waals surface area contributed by atoms with Crippen molar-refractivity contribution in [2.45, 2.75) is 44.1 Å². The highest BCUT2D eigenvalue weighted by Crippen LogP contribution is 2.57. The van der Waals surface area contributed by atoms with Crippen LogP contribution in [0.1, 0.15) is 44.3 Å². The first-order chi connectivity index (χ1) is 10.7. The summed E-state index contributed by atoms with van der Waals surface area (Å²) in [6.45, 7) is 0. The summed E-state index contributed by atoms with van der Waals surface area (Å²) in [5.41, 5.74) is 0.151. The van der Waals surface area contributed by atoms with Crippen LogP contribution in [0.2, 0.25) is 0 Å². The van der Waals surface area contributed by atoms with Crippen molar-refractivity contribution in [3.8, 4) is 5.95 Å². The molecule has 114 valence electrons. The second-order valence-electron chi connectivity index (χ2n) is 7.72. The molecule has 0 spiro atoms. The Morgan fingerprint density at radius 1 is 1.00 bits per heavy atom. The van der Waals surface area contributed by atoms with E-state index in [0.29, 0.717) is 5.76 Å². The lowest BCUT2D eigenvalue weighted by Crippen LogP contribution is -2.49. The summed E-state index contributed by atoms with van der Waals surface area (Å²) >= 11 is 0. The zero-order valence-corrected chi connectivity index (χ0v) is 12.7. The number of aromatic hydroxyl groups is 1. The largest absolute Gasteiger partial charge is 0.480 e. The van der Waals surface area contributed by atoms with E-state index in [1.807, 2.05) is 30.5 Å². The lowest BCUT2D eigenvalue weighted by atomic mass is 9.53. The van der Waals surface area contributed by atoms with Crippen LogP contribution < -0.4 is 0 Å². The molecule has 3 nitrogen and oxygen atoms in total. The first kappa shape index (κ1) is 12.7. The topological polar surface area (TPSA) is 45.7 Å². The van der Waals surface area contributed by atoms with Gasteiger partial charge in [0, 0.05) is 5.39 Å². The van der Waals surface area contributed by atoms with Gasteiger partial charge < -0.3 is 9.52 Å². The molecule has 2 aromatic rings. The van der Waals surface area contributed by atoms with Gasteiger partial charge in [-0.05, 0) is 62.3 Å². The lowest BCUT2D eigenvalue weighted by molar-refractivity contribution is 0.00190. The first-order valence-electron chi connectivity index (χ1n) is 8.46. The number of hydrogen-bond acceptors (Lipinski definition) is 3. The summed E-state index contributed by atoms with van der Waals surface area (Å²) in [4.78, 5) is 5.02. The Kier molecular flexibility index (Phi) is 2.53. The number of nitrogens with zero attached hydrogens (tertiary/aromatic N) is 1. The monoisotopic (exact) mass is 295 g/mol. The van der Waals surface area contributed by atoms with Gasteiger partial charge in [0.2, 0.25) is 0 Å². The summed E-state index contributed by atoms with van der Waals surface area (Å²) in [5, 5.41) is 11.6. The molecule has 0 unspecified atom stereocenters. The molecule has 4 aliphatic rings. The highest BCUT2D eigenvalue weighted by Gasteiger charge is 2.50. The van der Waals surface area contributed by atoms with Crippen molar-refractivity contribution in [2.75, 3.05) is 0 Å². The standard InChI is InChI=1S/C19H21NO2/c21-18-16-4-2-1-3-15(16)17(22-18)11-20-19-8-12-5-13(9-19)7-14(6-12)10-19/h1-4,11-14,21H,5-10H2. The van der Waals surface area contributed by atoms with Crippen LogP contribution in [0, 0.1) is 17.8 Å². The summed E-state index contributed by atoms with van der Waals surface area (Å²) in [6.07, 6.45) is 9.92. The van der Waals surface area contributed by atoms with Crippen molar-refractivity contribution in [3.63, 3.8) is 0 Å². The first-order valence-corrected chi connectivity index (χ1v) is 8.46. The van der Waals surface area contributed by atoms with Gasteiger partial charge in [0.1, 0.15) is 0 Å². The Morgan fingerprint density at radius 3 is 2.23 bits per heavy atom. The highest BCUT2D eigenvalue weighted by molar-refractivity contribution is 6.00. The lowest BCUT2D eigenvalue weighted by Gasteiger charge is -2.54. The van der Waals surface area contributed by atoms with E-state index >= 15 is 0 Å². The quantitative estimate of drug-likeness (QED) is 0.828. The smallest absolute Gasteiger partial charge is 0.290 e. The van der Waals surface area contributed by atoms with Gasteiger partial charge in [-0.3, -0.25) is 4.99 Å². The summed E-state index contributed by atoms with van der Waals surface area (Å²) < 4.78 is 5.53. The molecule has 4 saturated carbocycles. The molecule has 0 aliphatic heterocycles. The summed E-state index contributed by atoms with van der Waals surface area (Å²) in [6, 6.07) is 7.76. The molecule has 22 heavy (non-hydrogen) atoms. The molecule has 4 fully saturated rings. The maximum atomic E-state index is 9.92. The van der Waals surface area contributed by atoms with Crippen LogP contribution in [0.5, 0.6) is 5.95 Å². The molecule has 1 N–H and O–H groups in total. The molecule has 0 atom stereocenters. The Morgan fingerprint density at radius 2 is 1.59 bits per heavy atom. The highest BCUT2D eigenvalue weighted by atomic mass is 16.5. The number of benzene rings is 1. The average Bonchev–Trinajstić information content (AvgIpc) is 2.81. The molecule has 3 heteroatoms. The Hall–Kier alpha value is -1.77. The third-order valence-electron chi connectivity index (χ3n) is 6.09. The van der Waals surface area contributed by atoms with Crippen LogP contribution in [-0.4, -0.2) is 16.9 Å². The number of rotatable bonds is 2. The van der Waals surface area contributed by atoms with Gasteiger partial charge in [-0.2, -0.15) is 0 Å². The van der Waals surface area contributed by atoms with Crippen LogP contribution in [-0.2, 0) is 0 Å². The summed E-state index contributed by atoms with van der Waals surface area (Å²) in [7, 11) is 0. The van der Waals surface area contributed by atoms with E-state index in [1.54, 1.807) is 0 Å². The minimum absolute atomic E-state index is 0.00237. The van der Waals surface area contributed by atoms with E-state index in [1.165, 1.54) is 38.5 Å². The average molecular weight is 295 g/mol. The molecule has 0 saturated heterocycles. The minimum Gasteiger partial charge on any atom is -0.480 e. The fourth-order valence-corrected chi connectivity index (χ4v) is 5.61. The third kappa shape index (κ3) is 1.84. The molecule has 1 heterocycles. The van der Waals surface area contributed by atoms with Gasteiger partial charge in [0.05, 0.1) is 17.1 Å². The van der Waals surface area contributed by atoms with Gasteiger partial charge in [-0.25, -0.2) is 0 Å². The van der Waals surface area contributed by atoms with Gasteiger partial charge in [0.25, 0.3) is 5.95 Å². The van der Waals surface area contributed by atoms with Crippen molar-refractivity contribution in [2.24, 2.45) is 22.7 Å².